The summed E-state index contributed by atoms with van der Waals surface area (Å²) in [6.45, 7) is 0.0432. The van der Waals surface area contributed by atoms with E-state index in [-0.39, 0.29) is 19.8 Å². The Kier molecular flexibility index (Phi) is 6.32. The molecule has 18 heavy (non-hydrogen) atoms. The van der Waals surface area contributed by atoms with Crippen molar-refractivity contribution in [1.29, 1.82) is 5.53 Å². The molecule has 0 aromatic rings. The van der Waals surface area contributed by atoms with Crippen molar-refractivity contribution in [3.8, 4) is 12.3 Å². The van der Waals surface area contributed by atoms with Crippen molar-refractivity contribution in [1.82, 2.24) is 5.32 Å². The van der Waals surface area contributed by atoms with Crippen LogP contribution in [0.5, 0.6) is 0 Å². The van der Waals surface area contributed by atoms with Gasteiger partial charge in [0.2, 0.25) is 0 Å². The molecule has 7 heteroatoms. The standard InChI is InChI=1S/C11H17N3O4/c1-2-3-17-7-8(14-12)5-13-11-4-9(16)10(6-15)18-11/h1,5,9-13,15-16H,3-4,6-7H2/b8-5-,14-12?/t9?,10-,11-/m1/s1. The van der Waals surface area contributed by atoms with Crippen molar-refractivity contribution in [2.45, 2.75) is 24.9 Å². The number of hydrogen-bond donors (Lipinski definition) is 4. The first-order valence-electron chi connectivity index (χ1n) is 5.49. The van der Waals surface area contributed by atoms with Crippen LogP contribution in [0.1, 0.15) is 6.42 Å². The van der Waals surface area contributed by atoms with Gasteiger partial charge in [0.05, 0.1) is 19.3 Å². The van der Waals surface area contributed by atoms with Gasteiger partial charge in [-0.3, -0.25) is 0 Å². The zero-order valence-corrected chi connectivity index (χ0v) is 9.87. The van der Waals surface area contributed by atoms with Gasteiger partial charge < -0.3 is 25.0 Å². The van der Waals surface area contributed by atoms with Gasteiger partial charge in [0.1, 0.15) is 24.6 Å². The Morgan fingerprint density at radius 3 is 3.06 bits per heavy atom. The number of nitrogens with one attached hydrogen (secondary N) is 2. The van der Waals surface area contributed by atoms with E-state index in [9.17, 15) is 5.11 Å². The molecule has 1 aliphatic rings. The molecular weight excluding hydrogens is 238 g/mol. The quantitative estimate of drug-likeness (QED) is 0.280. The van der Waals surface area contributed by atoms with E-state index in [0.717, 1.165) is 0 Å². The van der Waals surface area contributed by atoms with Crippen molar-refractivity contribution in [3.63, 3.8) is 0 Å². The zero-order chi connectivity index (χ0) is 13.4. The SMILES string of the molecule is C#CCOC/C(=C/N[C@H]1CC(O)[C@@H](CO)O1)N=N. The monoisotopic (exact) mass is 255 g/mol. The average molecular weight is 255 g/mol. The third-order valence-corrected chi connectivity index (χ3v) is 2.42. The lowest BCUT2D eigenvalue weighted by Crippen LogP contribution is -2.26. The lowest BCUT2D eigenvalue weighted by molar-refractivity contribution is -0.0271. The summed E-state index contributed by atoms with van der Waals surface area (Å²) in [5.41, 5.74) is 7.30. The largest absolute Gasteiger partial charge is 0.394 e. The van der Waals surface area contributed by atoms with E-state index < -0.39 is 18.4 Å². The molecule has 1 rings (SSSR count). The number of aliphatic hydroxyl groups excluding tert-OH is 2. The molecule has 4 N–H and O–H groups in total. The molecule has 0 aromatic carbocycles. The van der Waals surface area contributed by atoms with Gasteiger partial charge in [-0.2, -0.15) is 5.11 Å². The van der Waals surface area contributed by atoms with Crippen LogP contribution in [-0.4, -0.2) is 48.5 Å². The Bertz CT molecular complexity index is 340. The van der Waals surface area contributed by atoms with E-state index in [2.05, 4.69) is 16.4 Å². The molecule has 0 spiro atoms. The maximum atomic E-state index is 9.50. The minimum absolute atomic E-state index is 0.124. The van der Waals surface area contributed by atoms with E-state index in [1.54, 1.807) is 0 Å². The second-order valence-electron chi connectivity index (χ2n) is 3.76. The molecular formula is C11H17N3O4. The first-order chi connectivity index (χ1) is 8.71. The fraction of sp³-hybridized carbons (Fsp3) is 0.636. The molecule has 3 atom stereocenters. The van der Waals surface area contributed by atoms with Crippen LogP contribution in [0.3, 0.4) is 0 Å². The fourth-order valence-electron chi connectivity index (χ4n) is 1.51. The summed E-state index contributed by atoms with van der Waals surface area (Å²) in [6, 6.07) is 0. The molecule has 0 saturated carbocycles. The average Bonchev–Trinajstić information content (AvgIpc) is 2.74. The van der Waals surface area contributed by atoms with Gasteiger partial charge in [0.25, 0.3) is 0 Å². The van der Waals surface area contributed by atoms with Crippen LogP contribution in [-0.2, 0) is 9.47 Å². The third kappa shape index (κ3) is 4.43. The van der Waals surface area contributed by atoms with Crippen molar-refractivity contribution in [2.75, 3.05) is 19.8 Å². The Labute approximate surface area is 105 Å². The van der Waals surface area contributed by atoms with E-state index in [0.29, 0.717) is 12.1 Å². The molecule has 1 heterocycles. The Morgan fingerprint density at radius 1 is 1.72 bits per heavy atom. The minimum atomic E-state index is -0.699. The lowest BCUT2D eigenvalue weighted by Gasteiger charge is -2.12. The molecule has 7 nitrogen and oxygen atoms in total. The van der Waals surface area contributed by atoms with Crippen molar-refractivity contribution in [2.24, 2.45) is 5.11 Å². The predicted molar refractivity (Wildman–Crippen MR) is 62.4 cm³/mol. The molecule has 1 unspecified atom stereocenters. The van der Waals surface area contributed by atoms with Crippen LogP contribution in [0.15, 0.2) is 17.0 Å². The molecule has 0 amide bonds. The fourth-order valence-corrected chi connectivity index (χ4v) is 1.51. The molecule has 1 fully saturated rings. The zero-order valence-electron chi connectivity index (χ0n) is 9.87. The predicted octanol–water partition coefficient (Wildman–Crippen LogP) is -0.434. The Morgan fingerprint density at radius 2 is 2.50 bits per heavy atom. The van der Waals surface area contributed by atoms with Gasteiger partial charge in [-0.25, -0.2) is 5.53 Å². The molecule has 1 aliphatic heterocycles. The van der Waals surface area contributed by atoms with Gasteiger partial charge in [-0.05, 0) is 0 Å². The van der Waals surface area contributed by atoms with Crippen LogP contribution in [0, 0.1) is 17.9 Å². The van der Waals surface area contributed by atoms with Gasteiger partial charge in [0.15, 0.2) is 0 Å². The number of hydrogen-bond acceptors (Lipinski definition) is 7. The van der Waals surface area contributed by atoms with Crippen LogP contribution in [0.2, 0.25) is 0 Å². The van der Waals surface area contributed by atoms with Crippen LogP contribution in [0.4, 0.5) is 0 Å². The van der Waals surface area contributed by atoms with Crippen molar-refractivity contribution in [3.05, 3.63) is 11.9 Å². The van der Waals surface area contributed by atoms with Gasteiger partial charge in [-0.1, -0.05) is 5.92 Å². The molecule has 0 aliphatic carbocycles. The highest BCUT2D eigenvalue weighted by Crippen LogP contribution is 2.18. The van der Waals surface area contributed by atoms with E-state index in [4.69, 9.17) is 26.5 Å². The number of ether oxygens (including phenoxy) is 2. The van der Waals surface area contributed by atoms with E-state index in [1.165, 1.54) is 6.20 Å². The van der Waals surface area contributed by atoms with Crippen LogP contribution in [0.25, 0.3) is 0 Å². The Hall–Kier alpha value is -1.46. The topological polar surface area (TPSA) is 107 Å². The highest BCUT2D eigenvalue weighted by Gasteiger charge is 2.32. The minimum Gasteiger partial charge on any atom is -0.394 e. The molecule has 1 saturated heterocycles. The summed E-state index contributed by atoms with van der Waals surface area (Å²) in [4.78, 5) is 0. The second kappa shape index (κ2) is 7.79. The third-order valence-electron chi connectivity index (χ3n) is 2.42. The number of terminal acetylenes is 1. The molecule has 100 valence electrons. The summed E-state index contributed by atoms with van der Waals surface area (Å²) in [5, 5.41) is 24.5. The maximum Gasteiger partial charge on any atom is 0.130 e. The summed E-state index contributed by atoms with van der Waals surface area (Å²) >= 11 is 0. The highest BCUT2D eigenvalue weighted by atomic mass is 16.5. The number of aliphatic hydroxyl groups is 2. The first kappa shape index (κ1) is 14.6. The summed E-state index contributed by atoms with van der Waals surface area (Å²) in [6.07, 6.45) is 5.16. The summed E-state index contributed by atoms with van der Waals surface area (Å²) < 4.78 is 10.3. The van der Waals surface area contributed by atoms with Crippen LogP contribution < -0.4 is 5.32 Å². The second-order valence-corrected chi connectivity index (χ2v) is 3.76. The highest BCUT2D eigenvalue weighted by molar-refractivity contribution is 4.99. The van der Waals surface area contributed by atoms with E-state index >= 15 is 0 Å². The molecule has 0 aromatic heterocycles. The number of nitrogens with zero attached hydrogens (tertiary/aromatic N) is 1. The smallest absolute Gasteiger partial charge is 0.130 e. The molecule has 0 radical (unpaired) electrons. The molecule has 0 bridgehead atoms. The van der Waals surface area contributed by atoms with Gasteiger partial charge in [0, 0.05) is 12.6 Å². The first-order valence-corrected chi connectivity index (χ1v) is 5.49. The van der Waals surface area contributed by atoms with E-state index in [1.807, 2.05) is 0 Å². The number of rotatable bonds is 7. The van der Waals surface area contributed by atoms with Gasteiger partial charge >= 0.3 is 0 Å². The Balaban J connectivity index is 2.37. The normalized spacial score (nSPS) is 27.8. The van der Waals surface area contributed by atoms with Crippen molar-refractivity contribution < 1.29 is 19.7 Å². The summed E-state index contributed by atoms with van der Waals surface area (Å²) in [5.74, 6) is 2.31. The summed E-state index contributed by atoms with van der Waals surface area (Å²) in [7, 11) is 0. The lowest BCUT2D eigenvalue weighted by atomic mass is 10.2. The maximum absolute atomic E-state index is 9.50. The van der Waals surface area contributed by atoms with Crippen molar-refractivity contribution >= 4 is 0 Å². The van der Waals surface area contributed by atoms with Gasteiger partial charge in [-0.15, -0.1) is 6.42 Å². The van der Waals surface area contributed by atoms with Crippen LogP contribution >= 0.6 is 0 Å².